The summed E-state index contributed by atoms with van der Waals surface area (Å²) in [6, 6.07) is 5.61. The van der Waals surface area contributed by atoms with Gasteiger partial charge in [-0.2, -0.15) is 8.78 Å². The lowest BCUT2D eigenvalue weighted by Gasteiger charge is -2.36. The van der Waals surface area contributed by atoms with E-state index >= 15 is 0 Å². The Morgan fingerprint density at radius 1 is 1.32 bits per heavy atom. The number of ether oxygens (including phenoxy) is 1. The number of halogens is 2. The third-order valence-corrected chi connectivity index (χ3v) is 7.35. The summed E-state index contributed by atoms with van der Waals surface area (Å²) >= 11 is 0. The second-order valence-corrected chi connectivity index (χ2v) is 9.12. The van der Waals surface area contributed by atoms with Crippen molar-refractivity contribution in [3.63, 3.8) is 0 Å². The first-order chi connectivity index (χ1) is 11.6. The minimum atomic E-state index is -3.92. The summed E-state index contributed by atoms with van der Waals surface area (Å²) < 4.78 is 57.1. The smallest absolute Gasteiger partial charge is 0.387 e. The molecule has 2 aliphatic rings. The first-order valence-corrected chi connectivity index (χ1v) is 9.80. The van der Waals surface area contributed by atoms with Crippen molar-refractivity contribution in [2.24, 2.45) is 16.7 Å². The van der Waals surface area contributed by atoms with E-state index in [1.54, 1.807) is 0 Å². The van der Waals surface area contributed by atoms with E-state index in [-0.39, 0.29) is 28.9 Å². The highest BCUT2D eigenvalue weighted by Crippen LogP contribution is 2.64. The first-order valence-electron chi connectivity index (χ1n) is 8.15. The zero-order valence-corrected chi connectivity index (χ0v) is 14.9. The van der Waals surface area contributed by atoms with Gasteiger partial charge in [0.05, 0.1) is 16.9 Å². The number of benzene rings is 1. The molecule has 1 aromatic carbocycles. The fourth-order valence-corrected chi connectivity index (χ4v) is 6.29. The van der Waals surface area contributed by atoms with Crippen LogP contribution in [0.4, 0.5) is 14.5 Å². The van der Waals surface area contributed by atoms with E-state index in [4.69, 9.17) is 0 Å². The van der Waals surface area contributed by atoms with Crippen LogP contribution in [0, 0.1) is 16.7 Å². The van der Waals surface area contributed by atoms with E-state index < -0.39 is 27.5 Å². The summed E-state index contributed by atoms with van der Waals surface area (Å²) in [5.74, 6) is -0.411. The zero-order valence-electron chi connectivity index (χ0n) is 14.1. The highest BCUT2D eigenvalue weighted by molar-refractivity contribution is 7.92. The third-order valence-electron chi connectivity index (χ3n) is 5.94. The molecule has 1 N–H and O–H groups in total. The summed E-state index contributed by atoms with van der Waals surface area (Å²) in [6.45, 7) is 0.827. The summed E-state index contributed by atoms with van der Waals surface area (Å²) in [5, 5.41) is 0. The number of nitrogens with one attached hydrogen (secondary N) is 1. The van der Waals surface area contributed by atoms with E-state index in [1.165, 1.54) is 24.3 Å². The van der Waals surface area contributed by atoms with Crippen LogP contribution < -0.4 is 9.46 Å². The number of anilines is 1. The van der Waals surface area contributed by atoms with Gasteiger partial charge in [-0.3, -0.25) is 9.52 Å². The number of Topliss-reactive ketones (excluding diaryl/α,β-unsaturated/α-hetero) is 1. The van der Waals surface area contributed by atoms with Gasteiger partial charge in [-0.1, -0.05) is 26.0 Å². The lowest BCUT2D eigenvalue weighted by molar-refractivity contribution is -0.128. The summed E-state index contributed by atoms with van der Waals surface area (Å²) in [6.07, 6.45) is 1.78. The molecule has 3 rings (SSSR count). The quantitative estimate of drug-likeness (QED) is 0.829. The Kier molecular flexibility index (Phi) is 4.29. The van der Waals surface area contributed by atoms with Gasteiger partial charge in [-0.15, -0.1) is 0 Å². The molecular formula is C17H21F2NO4S. The first kappa shape index (κ1) is 18.1. The second kappa shape index (κ2) is 5.93. The van der Waals surface area contributed by atoms with Gasteiger partial charge in [-0.25, -0.2) is 8.42 Å². The van der Waals surface area contributed by atoms with Crippen molar-refractivity contribution >= 4 is 21.5 Å². The van der Waals surface area contributed by atoms with Gasteiger partial charge < -0.3 is 4.74 Å². The Labute approximate surface area is 145 Å². The van der Waals surface area contributed by atoms with E-state index in [0.717, 1.165) is 6.42 Å². The van der Waals surface area contributed by atoms with Gasteiger partial charge in [0.1, 0.15) is 11.5 Å². The number of hydrogen-bond acceptors (Lipinski definition) is 4. The van der Waals surface area contributed by atoms with E-state index in [0.29, 0.717) is 12.8 Å². The van der Waals surface area contributed by atoms with Crippen LogP contribution in [0.2, 0.25) is 0 Å². The number of rotatable bonds is 6. The molecule has 2 aliphatic carbocycles. The molecule has 2 atom stereocenters. The second-order valence-electron chi connectivity index (χ2n) is 7.40. The van der Waals surface area contributed by atoms with Gasteiger partial charge in [-0.05, 0) is 36.3 Å². The summed E-state index contributed by atoms with van der Waals surface area (Å²) in [4.78, 5) is 12.5. The lowest BCUT2D eigenvalue weighted by Crippen LogP contribution is -2.43. The zero-order chi connectivity index (χ0) is 18.5. The Bertz CT molecular complexity index is 794. The van der Waals surface area contributed by atoms with Gasteiger partial charge >= 0.3 is 6.61 Å². The molecule has 0 spiro atoms. The number of hydrogen-bond donors (Lipinski definition) is 1. The number of carbonyl (C=O) groups is 1. The molecule has 2 fully saturated rings. The standard InChI is InChI=1S/C17H21F2NO4S/c1-16(2)11-7-8-17(16,14(21)9-11)10-25(22,23)20-12-5-3-4-6-13(12)24-15(18)19/h3-6,11,15,20H,7-10H2,1-2H3/t11-,17+/m0/s1. The number of para-hydroxylation sites is 2. The highest BCUT2D eigenvalue weighted by atomic mass is 32.2. The van der Waals surface area contributed by atoms with Crippen molar-refractivity contribution in [3.8, 4) is 5.75 Å². The van der Waals surface area contributed by atoms with Gasteiger partial charge in [0, 0.05) is 6.42 Å². The van der Waals surface area contributed by atoms with Crippen LogP contribution in [-0.2, 0) is 14.8 Å². The minimum Gasteiger partial charge on any atom is -0.433 e. The Morgan fingerprint density at radius 2 is 2.00 bits per heavy atom. The molecule has 25 heavy (non-hydrogen) atoms. The Hall–Kier alpha value is -1.70. The topological polar surface area (TPSA) is 72.5 Å². The summed E-state index contributed by atoms with van der Waals surface area (Å²) in [5.41, 5.74) is -1.36. The number of sulfonamides is 1. The normalized spacial score (nSPS) is 27.7. The molecule has 0 heterocycles. The van der Waals surface area contributed by atoms with Crippen LogP contribution >= 0.6 is 0 Å². The van der Waals surface area contributed by atoms with Crippen molar-refractivity contribution in [2.75, 3.05) is 10.5 Å². The number of alkyl halides is 2. The molecule has 0 saturated heterocycles. The van der Waals surface area contributed by atoms with Gasteiger partial charge in [0.25, 0.3) is 0 Å². The van der Waals surface area contributed by atoms with E-state index in [1.807, 2.05) is 13.8 Å². The molecule has 2 saturated carbocycles. The van der Waals surface area contributed by atoms with Crippen molar-refractivity contribution in [2.45, 2.75) is 39.7 Å². The van der Waals surface area contributed by atoms with E-state index in [9.17, 15) is 22.0 Å². The minimum absolute atomic E-state index is 0.0174. The van der Waals surface area contributed by atoms with Crippen LogP contribution in [0.25, 0.3) is 0 Å². The van der Waals surface area contributed by atoms with Crippen LogP contribution in [0.15, 0.2) is 24.3 Å². The monoisotopic (exact) mass is 373 g/mol. The van der Waals surface area contributed by atoms with Gasteiger partial charge in [0.15, 0.2) is 0 Å². The predicted octanol–water partition coefficient (Wildman–Crippen LogP) is 3.43. The highest BCUT2D eigenvalue weighted by Gasteiger charge is 2.65. The maximum atomic E-state index is 12.7. The SMILES string of the molecule is CC1(C)[C@H]2CC[C@@]1(CS(=O)(=O)Nc1ccccc1OC(F)F)C(=O)C2. The molecule has 2 bridgehead atoms. The summed E-state index contributed by atoms with van der Waals surface area (Å²) in [7, 11) is -3.92. The number of carbonyl (C=O) groups excluding carboxylic acids is 1. The van der Waals surface area contributed by atoms with Crippen molar-refractivity contribution in [3.05, 3.63) is 24.3 Å². The molecular weight excluding hydrogens is 352 g/mol. The number of ketones is 1. The fraction of sp³-hybridized carbons (Fsp3) is 0.588. The molecule has 0 radical (unpaired) electrons. The maximum Gasteiger partial charge on any atom is 0.387 e. The van der Waals surface area contributed by atoms with Crippen molar-refractivity contribution in [1.82, 2.24) is 0 Å². The molecule has 0 unspecified atom stereocenters. The van der Waals surface area contributed by atoms with E-state index in [2.05, 4.69) is 9.46 Å². The predicted molar refractivity (Wildman–Crippen MR) is 89.0 cm³/mol. The largest absolute Gasteiger partial charge is 0.433 e. The average Bonchev–Trinajstić information content (AvgIpc) is 2.82. The molecule has 0 amide bonds. The van der Waals surface area contributed by atoms with Gasteiger partial charge in [0.2, 0.25) is 10.0 Å². The van der Waals surface area contributed by atoms with Crippen LogP contribution in [0.5, 0.6) is 5.75 Å². The molecule has 0 aromatic heterocycles. The number of fused-ring (bicyclic) bond motifs is 2. The van der Waals surface area contributed by atoms with Crippen LogP contribution in [0.1, 0.15) is 33.1 Å². The fourth-order valence-electron chi connectivity index (χ4n) is 4.39. The molecule has 5 nitrogen and oxygen atoms in total. The Balaban J connectivity index is 1.86. The maximum absolute atomic E-state index is 12.7. The average molecular weight is 373 g/mol. The van der Waals surface area contributed by atoms with Crippen molar-refractivity contribution < 1.29 is 26.7 Å². The molecule has 8 heteroatoms. The molecule has 138 valence electrons. The lowest BCUT2D eigenvalue weighted by atomic mass is 9.70. The molecule has 0 aliphatic heterocycles. The van der Waals surface area contributed by atoms with Crippen LogP contribution in [0.3, 0.4) is 0 Å². The van der Waals surface area contributed by atoms with Crippen LogP contribution in [-0.4, -0.2) is 26.6 Å². The Morgan fingerprint density at radius 3 is 2.56 bits per heavy atom. The van der Waals surface area contributed by atoms with Crippen molar-refractivity contribution in [1.29, 1.82) is 0 Å². The third kappa shape index (κ3) is 3.01. The molecule has 1 aromatic rings.